The van der Waals surface area contributed by atoms with Gasteiger partial charge in [0.2, 0.25) is 0 Å². The van der Waals surface area contributed by atoms with Gasteiger partial charge in [-0.1, -0.05) is 43.7 Å². The highest BCUT2D eigenvalue weighted by Gasteiger charge is 2.38. The first-order valence-electron chi connectivity index (χ1n) is 9.79. The van der Waals surface area contributed by atoms with Crippen molar-refractivity contribution in [2.24, 2.45) is 5.92 Å². The molecule has 1 aliphatic rings. The van der Waals surface area contributed by atoms with E-state index in [2.05, 4.69) is 25.7 Å². The number of nitrogens with one attached hydrogen (secondary N) is 1. The van der Waals surface area contributed by atoms with Crippen LogP contribution in [0.2, 0.25) is 5.02 Å². The summed E-state index contributed by atoms with van der Waals surface area (Å²) < 4.78 is 5.72. The van der Waals surface area contributed by atoms with Crippen LogP contribution in [0.4, 0.5) is 5.69 Å². The normalized spacial score (nSPS) is 14.0. The molecule has 2 amide bonds. The Morgan fingerprint density at radius 2 is 1.83 bits per heavy atom. The fourth-order valence-electron chi connectivity index (χ4n) is 3.14. The van der Waals surface area contributed by atoms with Gasteiger partial charge in [-0.25, -0.2) is 0 Å². The number of nitrogens with zero attached hydrogens (tertiary/aromatic N) is 1. The van der Waals surface area contributed by atoms with E-state index in [4.69, 9.17) is 16.3 Å². The third-order valence-corrected chi connectivity index (χ3v) is 4.89. The van der Waals surface area contributed by atoms with E-state index in [1.165, 1.54) is 11.0 Å². The molecule has 30 heavy (non-hydrogen) atoms. The van der Waals surface area contributed by atoms with E-state index in [-0.39, 0.29) is 24.1 Å². The van der Waals surface area contributed by atoms with Crippen LogP contribution in [-0.2, 0) is 9.59 Å². The average Bonchev–Trinajstić information content (AvgIpc) is 2.93. The monoisotopic (exact) mass is 424 g/mol. The highest BCUT2D eigenvalue weighted by atomic mass is 35.5. The van der Waals surface area contributed by atoms with Crippen LogP contribution in [0.5, 0.6) is 5.75 Å². The fourth-order valence-corrected chi connectivity index (χ4v) is 3.36. The molecule has 0 fully saturated rings. The Kier molecular flexibility index (Phi) is 6.63. The first-order chi connectivity index (χ1) is 14.3. The lowest BCUT2D eigenvalue weighted by Gasteiger charge is -2.13. The van der Waals surface area contributed by atoms with Crippen LogP contribution in [0.3, 0.4) is 0 Å². The molecule has 0 unspecified atom stereocenters. The molecular weight excluding hydrogens is 400 g/mol. The highest BCUT2D eigenvalue weighted by Crippen LogP contribution is 2.32. The molecule has 0 saturated heterocycles. The Bertz CT molecular complexity index is 1010. The number of rotatable bonds is 8. The number of imide groups is 1. The molecule has 1 heterocycles. The fraction of sp³-hybridized carbons (Fsp3) is 0.250. The van der Waals surface area contributed by atoms with Crippen LogP contribution in [-0.4, -0.2) is 29.9 Å². The number of amides is 2. The lowest BCUT2D eigenvalue weighted by atomic mass is 10.0. The maximum absolute atomic E-state index is 13.1. The predicted molar refractivity (Wildman–Crippen MR) is 120 cm³/mol. The van der Waals surface area contributed by atoms with Gasteiger partial charge in [0.25, 0.3) is 11.8 Å². The summed E-state index contributed by atoms with van der Waals surface area (Å²) in [5.74, 6) is 0.386. The van der Waals surface area contributed by atoms with Crippen LogP contribution < -0.4 is 10.1 Å². The van der Waals surface area contributed by atoms with Crippen molar-refractivity contribution in [1.29, 1.82) is 0 Å². The molecule has 0 radical (unpaired) electrons. The molecule has 0 aliphatic carbocycles. The van der Waals surface area contributed by atoms with Gasteiger partial charge in [-0.3, -0.25) is 14.5 Å². The molecule has 0 bridgehead atoms. The van der Waals surface area contributed by atoms with Gasteiger partial charge in [0.1, 0.15) is 11.4 Å². The Morgan fingerprint density at radius 1 is 1.13 bits per heavy atom. The van der Waals surface area contributed by atoms with Crippen molar-refractivity contribution in [1.82, 2.24) is 4.90 Å². The zero-order valence-electron chi connectivity index (χ0n) is 17.4. The predicted octanol–water partition coefficient (Wildman–Crippen LogP) is 5.06. The Labute approximate surface area is 182 Å². The summed E-state index contributed by atoms with van der Waals surface area (Å²) in [5.41, 5.74) is 2.79. The second-order valence-electron chi connectivity index (χ2n) is 7.57. The molecule has 156 valence electrons. The number of aryl methyl sites for hydroxylation is 1. The van der Waals surface area contributed by atoms with Crippen LogP contribution in [0.1, 0.15) is 25.0 Å². The second kappa shape index (κ2) is 9.18. The standard InChI is InChI=1S/C24H25ClN2O3/c1-5-12-27-23(28)21(17-6-9-19(10-7-17)30-14-15(2)3)22(24(27)29)26-20-11-8-18(25)13-16(20)4/h5-11,13,15,26H,1,12,14H2,2-4H3. The summed E-state index contributed by atoms with van der Waals surface area (Å²) in [6.07, 6.45) is 1.53. The maximum atomic E-state index is 13.1. The molecular formula is C24H25ClN2O3. The Hall–Kier alpha value is -3.05. The summed E-state index contributed by atoms with van der Waals surface area (Å²) in [7, 11) is 0. The molecule has 2 aromatic rings. The van der Waals surface area contributed by atoms with Gasteiger partial charge in [-0.2, -0.15) is 0 Å². The lowest BCUT2D eigenvalue weighted by Crippen LogP contribution is -2.32. The first kappa shape index (κ1) is 21.7. The van der Waals surface area contributed by atoms with Crippen molar-refractivity contribution in [2.45, 2.75) is 20.8 Å². The number of carbonyl (C=O) groups is 2. The number of anilines is 1. The van der Waals surface area contributed by atoms with Gasteiger partial charge in [0.05, 0.1) is 12.2 Å². The molecule has 6 heteroatoms. The number of halogens is 1. The van der Waals surface area contributed by atoms with E-state index in [0.717, 1.165) is 11.3 Å². The van der Waals surface area contributed by atoms with Gasteiger partial charge in [0, 0.05) is 17.3 Å². The SMILES string of the molecule is C=CCN1C(=O)C(Nc2ccc(Cl)cc2C)=C(c2ccc(OCC(C)C)cc2)C1=O. The molecule has 3 rings (SSSR count). The van der Waals surface area contributed by atoms with Gasteiger partial charge >= 0.3 is 0 Å². The summed E-state index contributed by atoms with van der Waals surface area (Å²) in [6, 6.07) is 12.5. The third kappa shape index (κ3) is 4.57. The van der Waals surface area contributed by atoms with Gasteiger partial charge in [0.15, 0.2) is 0 Å². The molecule has 0 aromatic heterocycles. The van der Waals surface area contributed by atoms with Crippen molar-refractivity contribution in [3.05, 3.63) is 77.0 Å². The smallest absolute Gasteiger partial charge is 0.278 e. The Morgan fingerprint density at radius 3 is 2.43 bits per heavy atom. The van der Waals surface area contributed by atoms with Crippen LogP contribution in [0, 0.1) is 12.8 Å². The summed E-state index contributed by atoms with van der Waals surface area (Å²) >= 11 is 6.04. The average molecular weight is 425 g/mol. The number of hydrogen-bond acceptors (Lipinski definition) is 4. The van der Waals surface area contributed by atoms with Crippen molar-refractivity contribution < 1.29 is 14.3 Å². The molecule has 0 saturated carbocycles. The highest BCUT2D eigenvalue weighted by molar-refractivity contribution is 6.36. The summed E-state index contributed by atoms with van der Waals surface area (Å²) in [4.78, 5) is 27.2. The molecule has 1 aliphatic heterocycles. The van der Waals surface area contributed by atoms with Crippen molar-refractivity contribution in [2.75, 3.05) is 18.5 Å². The lowest BCUT2D eigenvalue weighted by molar-refractivity contribution is -0.136. The van der Waals surface area contributed by atoms with E-state index >= 15 is 0 Å². The zero-order chi connectivity index (χ0) is 21.8. The largest absolute Gasteiger partial charge is 0.493 e. The van der Waals surface area contributed by atoms with Crippen LogP contribution >= 0.6 is 11.6 Å². The van der Waals surface area contributed by atoms with Crippen LogP contribution in [0.25, 0.3) is 5.57 Å². The maximum Gasteiger partial charge on any atom is 0.278 e. The minimum Gasteiger partial charge on any atom is -0.493 e. The van der Waals surface area contributed by atoms with Gasteiger partial charge in [-0.05, 0) is 54.3 Å². The first-order valence-corrected chi connectivity index (χ1v) is 10.2. The molecule has 2 aromatic carbocycles. The molecule has 0 spiro atoms. The van der Waals surface area contributed by atoms with E-state index < -0.39 is 0 Å². The minimum atomic E-state index is -0.385. The number of benzene rings is 2. The zero-order valence-corrected chi connectivity index (χ0v) is 18.1. The van der Waals surface area contributed by atoms with Crippen molar-refractivity contribution in [3.63, 3.8) is 0 Å². The third-order valence-electron chi connectivity index (χ3n) is 4.65. The van der Waals surface area contributed by atoms with Crippen molar-refractivity contribution >= 4 is 34.7 Å². The topological polar surface area (TPSA) is 58.6 Å². The molecule has 5 nitrogen and oxygen atoms in total. The second-order valence-corrected chi connectivity index (χ2v) is 8.01. The van der Waals surface area contributed by atoms with Crippen molar-refractivity contribution in [3.8, 4) is 5.75 Å². The minimum absolute atomic E-state index is 0.140. The molecule has 0 atom stereocenters. The van der Waals surface area contributed by atoms with Gasteiger partial charge in [-0.15, -0.1) is 6.58 Å². The number of hydrogen-bond donors (Lipinski definition) is 1. The van der Waals surface area contributed by atoms with E-state index in [1.54, 1.807) is 30.3 Å². The van der Waals surface area contributed by atoms with E-state index in [9.17, 15) is 9.59 Å². The van der Waals surface area contributed by atoms with Crippen LogP contribution in [0.15, 0.2) is 60.8 Å². The van der Waals surface area contributed by atoms with Gasteiger partial charge < -0.3 is 10.1 Å². The summed E-state index contributed by atoms with van der Waals surface area (Å²) in [6.45, 7) is 10.4. The summed E-state index contributed by atoms with van der Waals surface area (Å²) in [5, 5.41) is 3.75. The number of ether oxygens (including phenoxy) is 1. The number of carbonyl (C=O) groups excluding carboxylic acids is 2. The Balaban J connectivity index is 1.99. The quantitative estimate of drug-likeness (QED) is 0.475. The van der Waals surface area contributed by atoms with E-state index in [1.807, 2.05) is 19.1 Å². The van der Waals surface area contributed by atoms with E-state index in [0.29, 0.717) is 34.4 Å². The molecule has 1 N–H and O–H groups in total.